The quantitative estimate of drug-likeness (QED) is 0.524. The van der Waals surface area contributed by atoms with E-state index in [-0.39, 0.29) is 24.0 Å². The van der Waals surface area contributed by atoms with Crippen molar-refractivity contribution >= 4 is 29.4 Å². The lowest BCUT2D eigenvalue weighted by atomic mass is 10.1. The van der Waals surface area contributed by atoms with E-state index in [0.717, 1.165) is 12.8 Å². The van der Waals surface area contributed by atoms with Gasteiger partial charge in [-0.15, -0.1) is 0 Å². The topological polar surface area (TPSA) is 122 Å². The number of nitrogens with zero attached hydrogens (tertiary/aromatic N) is 5. The maximum atomic E-state index is 13.6. The Morgan fingerprint density at radius 2 is 1.77 bits per heavy atom. The summed E-state index contributed by atoms with van der Waals surface area (Å²) in [7, 11) is 1.76. The normalized spacial score (nSPS) is 21.6. The molecule has 1 aromatic carbocycles. The first-order chi connectivity index (χ1) is 18.7. The molecule has 3 aliphatic rings. The highest BCUT2D eigenvalue weighted by Crippen LogP contribution is 2.37. The Morgan fingerprint density at radius 3 is 2.46 bits per heavy atom. The number of nitrogens with one attached hydrogen (secondary N) is 2. The average molecular weight is 530 g/mol. The zero-order valence-corrected chi connectivity index (χ0v) is 22.2. The van der Waals surface area contributed by atoms with Crippen LogP contribution >= 0.6 is 0 Å². The molecule has 6 rings (SSSR count). The van der Waals surface area contributed by atoms with Gasteiger partial charge in [0.1, 0.15) is 17.0 Å². The van der Waals surface area contributed by atoms with Gasteiger partial charge in [0.25, 0.3) is 5.91 Å². The molecule has 2 unspecified atom stereocenters. The van der Waals surface area contributed by atoms with Crippen molar-refractivity contribution in [2.45, 2.75) is 44.5 Å². The van der Waals surface area contributed by atoms with Crippen LogP contribution in [0.5, 0.6) is 5.88 Å². The molecule has 0 radical (unpaired) electrons. The first-order valence-corrected chi connectivity index (χ1v) is 13.1. The summed E-state index contributed by atoms with van der Waals surface area (Å²) >= 11 is 0. The van der Waals surface area contributed by atoms with Gasteiger partial charge in [-0.05, 0) is 51.0 Å². The van der Waals surface area contributed by atoms with E-state index in [9.17, 15) is 9.59 Å². The van der Waals surface area contributed by atoms with Crippen LogP contribution in [-0.2, 0) is 4.74 Å². The Kier molecular flexibility index (Phi) is 6.30. The number of morpholine rings is 1. The molecule has 3 aliphatic heterocycles. The lowest BCUT2D eigenvalue weighted by Crippen LogP contribution is -2.43. The number of benzene rings is 1. The second kappa shape index (κ2) is 9.81. The molecule has 202 valence electrons. The second-order valence-electron chi connectivity index (χ2n) is 10.8. The third kappa shape index (κ3) is 5.22. The minimum atomic E-state index is -0.628. The summed E-state index contributed by atoms with van der Waals surface area (Å²) in [4.78, 5) is 43.6. The van der Waals surface area contributed by atoms with Crippen LogP contribution in [0.15, 0.2) is 48.7 Å². The summed E-state index contributed by atoms with van der Waals surface area (Å²) in [5.41, 5.74) is 1.49. The van der Waals surface area contributed by atoms with Gasteiger partial charge in [-0.1, -0.05) is 18.2 Å². The molecule has 2 N–H and O–H groups in total. The molecule has 5 heterocycles. The van der Waals surface area contributed by atoms with Crippen molar-refractivity contribution in [3.8, 4) is 17.1 Å². The van der Waals surface area contributed by atoms with Crippen molar-refractivity contribution in [1.29, 1.82) is 0 Å². The average Bonchev–Trinajstić information content (AvgIpc) is 3.21. The van der Waals surface area contributed by atoms with Crippen molar-refractivity contribution < 1.29 is 19.1 Å². The van der Waals surface area contributed by atoms with Crippen LogP contribution in [0.3, 0.4) is 0 Å². The number of likely N-dealkylation sites (N-methyl/N-ethyl adjacent to an activating group) is 1. The second-order valence-corrected chi connectivity index (χ2v) is 10.8. The molecule has 3 amide bonds. The van der Waals surface area contributed by atoms with Crippen LogP contribution in [-0.4, -0.2) is 76.3 Å². The lowest BCUT2D eigenvalue weighted by Gasteiger charge is -2.33. The van der Waals surface area contributed by atoms with E-state index in [1.807, 2.05) is 26.0 Å². The third-order valence-electron chi connectivity index (χ3n) is 7.06. The highest BCUT2D eigenvalue weighted by Gasteiger charge is 2.39. The highest BCUT2D eigenvalue weighted by atomic mass is 16.5. The number of urea groups is 1. The number of hydrogen-bond donors (Lipinski definition) is 2. The fourth-order valence-corrected chi connectivity index (χ4v) is 5.38. The number of rotatable bonds is 4. The Morgan fingerprint density at radius 1 is 1.03 bits per heavy atom. The molecule has 11 heteroatoms. The number of carbonyl (C=O) groups is 2. The number of carbonyl (C=O) groups excluding carboxylic acids is 2. The Hall–Kier alpha value is -4.25. The van der Waals surface area contributed by atoms with Crippen LogP contribution in [0.2, 0.25) is 0 Å². The van der Waals surface area contributed by atoms with E-state index in [0.29, 0.717) is 53.9 Å². The zero-order chi connectivity index (χ0) is 27.1. The Balaban J connectivity index is 1.34. The van der Waals surface area contributed by atoms with Crippen LogP contribution in [0, 0.1) is 0 Å². The minimum Gasteiger partial charge on any atom is -0.469 e. The lowest BCUT2D eigenvalue weighted by molar-refractivity contribution is 0.0297. The summed E-state index contributed by atoms with van der Waals surface area (Å²) in [6.07, 6.45) is 3.96. The molecule has 2 saturated heterocycles. The van der Waals surface area contributed by atoms with E-state index >= 15 is 0 Å². The monoisotopic (exact) mass is 529 g/mol. The fraction of sp³-hybridized carbons (Fsp3) is 0.393. The van der Waals surface area contributed by atoms with E-state index < -0.39 is 11.6 Å². The third-order valence-corrected chi connectivity index (χ3v) is 7.06. The number of anilines is 3. The summed E-state index contributed by atoms with van der Waals surface area (Å²) in [6, 6.07) is 12.1. The zero-order valence-electron chi connectivity index (χ0n) is 22.2. The van der Waals surface area contributed by atoms with Gasteiger partial charge in [-0.3, -0.25) is 10.1 Å². The predicted molar refractivity (Wildman–Crippen MR) is 146 cm³/mol. The number of fused-ring (bicyclic) bond motifs is 3. The molecule has 2 atom stereocenters. The minimum absolute atomic E-state index is 0.155. The molecule has 0 aliphatic carbocycles. The number of aromatic nitrogens is 3. The van der Waals surface area contributed by atoms with E-state index in [2.05, 4.69) is 20.5 Å². The molecule has 2 bridgehead atoms. The predicted octanol–water partition coefficient (Wildman–Crippen LogP) is 3.79. The summed E-state index contributed by atoms with van der Waals surface area (Å²) in [6.45, 7) is 5.69. The van der Waals surface area contributed by atoms with Gasteiger partial charge in [0.2, 0.25) is 11.8 Å². The Bertz CT molecular complexity index is 1390. The number of amides is 3. The maximum Gasteiger partial charge on any atom is 0.324 e. The number of pyridine rings is 1. The summed E-state index contributed by atoms with van der Waals surface area (Å²) in [5, 5.41) is 5.50. The standard InChI is InChI=1S/C28H31N7O4/c1-28(2)16-34(3)25(36)22-23(32-26(33-24(22)39-28)35-14-19-11-12-20(15-35)38-19)17-7-9-18(10-8-17)30-27(37)31-21-6-4-5-13-29-21/h4-10,13,19-20H,11-12,14-16H2,1-3H3,(H2,29,30,31,37). The largest absolute Gasteiger partial charge is 0.469 e. The van der Waals surface area contributed by atoms with Crippen molar-refractivity contribution in [3.05, 3.63) is 54.2 Å². The fourth-order valence-electron chi connectivity index (χ4n) is 5.38. The maximum absolute atomic E-state index is 13.6. The summed E-state index contributed by atoms with van der Waals surface area (Å²) in [5.74, 6) is 1.06. The van der Waals surface area contributed by atoms with Crippen molar-refractivity contribution in [1.82, 2.24) is 19.9 Å². The van der Waals surface area contributed by atoms with Crippen molar-refractivity contribution in [2.24, 2.45) is 0 Å². The SMILES string of the molecule is CN1CC(C)(C)Oc2nc(N3CC4CCC(C3)O4)nc(-c3ccc(NC(=O)Nc4ccccn4)cc3)c2C1=O. The van der Waals surface area contributed by atoms with Gasteiger partial charge in [0.05, 0.1) is 24.4 Å². The van der Waals surface area contributed by atoms with Gasteiger partial charge in [-0.25, -0.2) is 14.8 Å². The molecule has 0 spiro atoms. The van der Waals surface area contributed by atoms with Gasteiger partial charge >= 0.3 is 6.03 Å². The summed E-state index contributed by atoms with van der Waals surface area (Å²) < 4.78 is 12.3. The van der Waals surface area contributed by atoms with E-state index in [1.54, 1.807) is 48.5 Å². The van der Waals surface area contributed by atoms with Crippen LogP contribution in [0.25, 0.3) is 11.3 Å². The van der Waals surface area contributed by atoms with Crippen LogP contribution in [0.4, 0.5) is 22.2 Å². The van der Waals surface area contributed by atoms with Gasteiger partial charge in [0, 0.05) is 37.6 Å². The molecule has 11 nitrogen and oxygen atoms in total. The first-order valence-electron chi connectivity index (χ1n) is 13.1. The van der Waals surface area contributed by atoms with Crippen molar-refractivity contribution in [2.75, 3.05) is 42.2 Å². The first kappa shape index (κ1) is 25.1. The van der Waals surface area contributed by atoms with E-state index in [4.69, 9.17) is 19.4 Å². The van der Waals surface area contributed by atoms with Gasteiger partial charge < -0.3 is 24.6 Å². The number of hydrogen-bond acceptors (Lipinski definition) is 8. The van der Waals surface area contributed by atoms with Crippen LogP contribution < -0.4 is 20.3 Å². The van der Waals surface area contributed by atoms with Crippen LogP contribution in [0.1, 0.15) is 37.0 Å². The number of ether oxygens (including phenoxy) is 2. The molecule has 2 aromatic heterocycles. The van der Waals surface area contributed by atoms with E-state index in [1.165, 1.54) is 0 Å². The molecule has 0 saturated carbocycles. The molecule has 3 aromatic rings. The smallest absolute Gasteiger partial charge is 0.324 e. The Labute approximate surface area is 226 Å². The molecule has 39 heavy (non-hydrogen) atoms. The highest BCUT2D eigenvalue weighted by molar-refractivity contribution is 6.03. The van der Waals surface area contributed by atoms with Gasteiger partial charge in [0.15, 0.2) is 0 Å². The molecule has 2 fully saturated rings. The van der Waals surface area contributed by atoms with Gasteiger partial charge in [-0.2, -0.15) is 4.98 Å². The molecular weight excluding hydrogens is 498 g/mol. The van der Waals surface area contributed by atoms with Crippen molar-refractivity contribution in [3.63, 3.8) is 0 Å². The molecular formula is C28H31N7O4.